The Morgan fingerprint density at radius 1 is 1.39 bits per heavy atom. The number of nitrogens with zero attached hydrogens (tertiary/aromatic N) is 2. The topological polar surface area (TPSA) is 102 Å². The number of anilines is 1. The number of carbonyl (C=O) groups excluding carboxylic acids is 1. The van der Waals surface area contributed by atoms with Crippen molar-refractivity contribution in [2.75, 3.05) is 19.0 Å². The van der Waals surface area contributed by atoms with Gasteiger partial charge in [0, 0.05) is 13.2 Å². The Balaban J connectivity index is 2.02. The number of aromatic nitrogens is 2. The summed E-state index contributed by atoms with van der Waals surface area (Å²) < 4.78 is 32.8. The third-order valence-corrected chi connectivity index (χ3v) is 4.29. The molecule has 0 radical (unpaired) electrons. The number of hydrogen-bond donors (Lipinski definition) is 2. The van der Waals surface area contributed by atoms with E-state index in [0.29, 0.717) is 11.4 Å². The molecule has 0 unspecified atom stereocenters. The van der Waals surface area contributed by atoms with Crippen LogP contribution in [0, 0.1) is 6.92 Å². The van der Waals surface area contributed by atoms with Crippen molar-refractivity contribution in [2.45, 2.75) is 11.9 Å². The highest BCUT2D eigenvalue weighted by Crippen LogP contribution is 2.24. The van der Waals surface area contributed by atoms with Crippen molar-refractivity contribution in [3.63, 3.8) is 0 Å². The first-order valence-corrected chi connectivity index (χ1v) is 8.22. The maximum Gasteiger partial charge on any atom is 0.260 e. The second-order valence-electron chi connectivity index (χ2n) is 4.95. The van der Waals surface area contributed by atoms with Crippen LogP contribution in [0.25, 0.3) is 0 Å². The Labute approximate surface area is 134 Å². The molecule has 0 saturated heterocycles. The molecule has 1 amide bonds. The molecule has 0 aliphatic heterocycles. The lowest BCUT2D eigenvalue weighted by Gasteiger charge is -2.11. The summed E-state index contributed by atoms with van der Waals surface area (Å²) in [6.45, 7) is 1.47. The molecular formula is C14H18N4O4S. The van der Waals surface area contributed by atoms with Crippen molar-refractivity contribution in [1.82, 2.24) is 14.3 Å². The predicted molar refractivity (Wildman–Crippen MR) is 84.8 cm³/mol. The van der Waals surface area contributed by atoms with Crippen LogP contribution in [0.4, 0.5) is 5.69 Å². The van der Waals surface area contributed by atoms with Crippen molar-refractivity contribution in [3.05, 3.63) is 36.3 Å². The molecule has 0 saturated carbocycles. The lowest BCUT2D eigenvalue weighted by atomic mass is 10.2. The van der Waals surface area contributed by atoms with Crippen LogP contribution in [0.3, 0.4) is 0 Å². The molecular weight excluding hydrogens is 320 g/mol. The third kappa shape index (κ3) is 4.30. The molecule has 2 N–H and O–H groups in total. The quantitative estimate of drug-likeness (QED) is 0.805. The number of methoxy groups -OCH3 is 1. The molecule has 0 fully saturated rings. The Kier molecular flexibility index (Phi) is 5.02. The largest absolute Gasteiger partial charge is 0.495 e. The standard InChI is InChI=1S/C14H18N4O4S/c1-10-4-5-12(22-3)11(6-10)17-13(19)7-16-23(20,21)14-8-18(2)9-15-14/h4-6,8-9,16H,7H2,1-3H3,(H,17,19). The van der Waals surface area contributed by atoms with E-state index < -0.39 is 22.5 Å². The summed E-state index contributed by atoms with van der Waals surface area (Å²) in [6.07, 6.45) is 2.72. The van der Waals surface area contributed by atoms with Gasteiger partial charge < -0.3 is 14.6 Å². The van der Waals surface area contributed by atoms with E-state index in [0.717, 1.165) is 5.56 Å². The minimum Gasteiger partial charge on any atom is -0.495 e. The SMILES string of the molecule is COc1ccc(C)cc1NC(=O)CNS(=O)(=O)c1cn(C)cn1. The minimum atomic E-state index is -3.82. The first-order valence-electron chi connectivity index (χ1n) is 6.74. The van der Waals surface area contributed by atoms with E-state index >= 15 is 0 Å². The predicted octanol–water partition coefficient (Wildman–Crippen LogP) is 0.654. The van der Waals surface area contributed by atoms with E-state index in [9.17, 15) is 13.2 Å². The number of hydrogen-bond acceptors (Lipinski definition) is 5. The Bertz CT molecular complexity index is 814. The first-order chi connectivity index (χ1) is 10.8. The number of rotatable bonds is 6. The van der Waals surface area contributed by atoms with Gasteiger partial charge in [-0.1, -0.05) is 6.07 Å². The molecule has 0 aliphatic carbocycles. The molecule has 124 valence electrons. The molecule has 1 aromatic carbocycles. The van der Waals surface area contributed by atoms with Crippen LogP contribution in [0.5, 0.6) is 5.75 Å². The number of carbonyl (C=O) groups is 1. The van der Waals surface area contributed by atoms with Crippen molar-refractivity contribution in [2.24, 2.45) is 7.05 Å². The summed E-state index contributed by atoms with van der Waals surface area (Å²) in [5.74, 6) is -0.00932. The smallest absolute Gasteiger partial charge is 0.260 e. The van der Waals surface area contributed by atoms with Crippen LogP contribution in [0.2, 0.25) is 0 Å². The fourth-order valence-corrected chi connectivity index (χ4v) is 2.84. The van der Waals surface area contributed by atoms with E-state index in [1.807, 2.05) is 13.0 Å². The zero-order chi connectivity index (χ0) is 17.0. The van der Waals surface area contributed by atoms with Gasteiger partial charge in [-0.25, -0.2) is 18.1 Å². The number of aryl methyl sites for hydroxylation is 2. The van der Waals surface area contributed by atoms with Crippen molar-refractivity contribution in [3.8, 4) is 5.75 Å². The summed E-state index contributed by atoms with van der Waals surface area (Å²) in [7, 11) is -0.679. The van der Waals surface area contributed by atoms with Crippen LogP contribution in [-0.4, -0.2) is 37.5 Å². The van der Waals surface area contributed by atoms with E-state index in [1.165, 1.54) is 24.2 Å². The molecule has 1 heterocycles. The van der Waals surface area contributed by atoms with Gasteiger partial charge in [-0.3, -0.25) is 4.79 Å². The average molecular weight is 338 g/mol. The van der Waals surface area contributed by atoms with Gasteiger partial charge in [0.2, 0.25) is 5.91 Å². The first kappa shape index (κ1) is 17.0. The normalized spacial score (nSPS) is 11.3. The van der Waals surface area contributed by atoms with Gasteiger partial charge in [-0.15, -0.1) is 0 Å². The molecule has 2 rings (SSSR count). The molecule has 9 heteroatoms. The van der Waals surface area contributed by atoms with Gasteiger partial charge in [0.25, 0.3) is 10.0 Å². The van der Waals surface area contributed by atoms with E-state index in [-0.39, 0.29) is 5.03 Å². The van der Waals surface area contributed by atoms with Crippen molar-refractivity contribution >= 4 is 21.6 Å². The highest BCUT2D eigenvalue weighted by atomic mass is 32.2. The molecule has 23 heavy (non-hydrogen) atoms. The van der Waals surface area contributed by atoms with Crippen LogP contribution in [0.15, 0.2) is 35.7 Å². The van der Waals surface area contributed by atoms with Gasteiger partial charge in [0.1, 0.15) is 5.75 Å². The maximum atomic E-state index is 12.0. The van der Waals surface area contributed by atoms with Gasteiger partial charge in [-0.05, 0) is 24.6 Å². The highest BCUT2D eigenvalue weighted by Gasteiger charge is 2.18. The maximum absolute atomic E-state index is 12.0. The zero-order valence-corrected chi connectivity index (χ0v) is 13.8. The fourth-order valence-electron chi connectivity index (χ4n) is 1.88. The van der Waals surface area contributed by atoms with Crippen LogP contribution in [-0.2, 0) is 21.9 Å². The Morgan fingerprint density at radius 2 is 2.13 bits per heavy atom. The van der Waals surface area contributed by atoms with E-state index in [1.54, 1.807) is 19.2 Å². The average Bonchev–Trinajstić information content (AvgIpc) is 2.93. The summed E-state index contributed by atoms with van der Waals surface area (Å²) >= 11 is 0. The van der Waals surface area contributed by atoms with Crippen LogP contribution in [0.1, 0.15) is 5.56 Å². The van der Waals surface area contributed by atoms with Crippen molar-refractivity contribution in [1.29, 1.82) is 0 Å². The Hall–Kier alpha value is -2.39. The highest BCUT2D eigenvalue weighted by molar-refractivity contribution is 7.89. The third-order valence-electron chi connectivity index (χ3n) is 3.01. The molecule has 1 aromatic heterocycles. The van der Waals surface area contributed by atoms with Crippen LogP contribution >= 0.6 is 0 Å². The molecule has 0 aliphatic rings. The number of benzene rings is 1. The lowest BCUT2D eigenvalue weighted by Crippen LogP contribution is -2.33. The summed E-state index contributed by atoms with van der Waals surface area (Å²) in [5, 5.41) is 2.48. The van der Waals surface area contributed by atoms with Gasteiger partial charge >= 0.3 is 0 Å². The van der Waals surface area contributed by atoms with E-state index in [2.05, 4.69) is 15.0 Å². The molecule has 2 aromatic rings. The number of sulfonamides is 1. The number of imidazole rings is 1. The molecule has 0 spiro atoms. The van der Waals surface area contributed by atoms with Gasteiger partial charge in [0.15, 0.2) is 5.03 Å². The molecule has 0 atom stereocenters. The fraction of sp³-hybridized carbons (Fsp3) is 0.286. The molecule has 0 bridgehead atoms. The second-order valence-corrected chi connectivity index (χ2v) is 6.67. The van der Waals surface area contributed by atoms with Gasteiger partial charge in [0.05, 0.1) is 25.7 Å². The zero-order valence-electron chi connectivity index (χ0n) is 13.0. The second kappa shape index (κ2) is 6.80. The van der Waals surface area contributed by atoms with Crippen molar-refractivity contribution < 1.29 is 17.9 Å². The minimum absolute atomic E-state index is 0.138. The summed E-state index contributed by atoms with van der Waals surface area (Å²) in [5.41, 5.74) is 1.42. The number of nitrogens with one attached hydrogen (secondary N) is 2. The Morgan fingerprint density at radius 3 is 2.74 bits per heavy atom. The summed E-state index contributed by atoms with van der Waals surface area (Å²) in [4.78, 5) is 15.7. The van der Waals surface area contributed by atoms with Crippen LogP contribution < -0.4 is 14.8 Å². The monoisotopic (exact) mass is 338 g/mol. The summed E-state index contributed by atoms with van der Waals surface area (Å²) in [6, 6.07) is 5.31. The number of ether oxygens (including phenoxy) is 1. The van der Waals surface area contributed by atoms with Gasteiger partial charge in [-0.2, -0.15) is 0 Å². The van der Waals surface area contributed by atoms with E-state index in [4.69, 9.17) is 4.74 Å². The number of amides is 1. The molecule has 8 nitrogen and oxygen atoms in total. The lowest BCUT2D eigenvalue weighted by molar-refractivity contribution is -0.115.